The predicted octanol–water partition coefficient (Wildman–Crippen LogP) is 3.36. The highest BCUT2D eigenvalue weighted by atomic mass is 16.5. The molecule has 4 amide bonds. The third-order valence-electron chi connectivity index (χ3n) is 7.18. The Hall–Kier alpha value is -4.40. The number of hydrogen-bond donors (Lipinski definition) is 1. The summed E-state index contributed by atoms with van der Waals surface area (Å²) < 4.78 is 10.8. The van der Waals surface area contributed by atoms with E-state index in [1.807, 2.05) is 48.5 Å². The van der Waals surface area contributed by atoms with Crippen LogP contribution in [-0.4, -0.2) is 47.1 Å². The summed E-state index contributed by atoms with van der Waals surface area (Å²) in [7, 11) is 1.60. The fourth-order valence-electron chi connectivity index (χ4n) is 5.34. The molecular weight excluding hydrogens is 460 g/mol. The molecular formula is C27H24N4O5. The number of nitrogens with one attached hydrogen (secondary N) is 1. The monoisotopic (exact) mass is 484 g/mol. The summed E-state index contributed by atoms with van der Waals surface area (Å²) in [5.74, 6) is 0.425. The van der Waals surface area contributed by atoms with Gasteiger partial charge in [-0.25, -0.2) is 9.80 Å². The Morgan fingerprint density at radius 1 is 1.14 bits per heavy atom. The van der Waals surface area contributed by atoms with Gasteiger partial charge in [0, 0.05) is 6.42 Å². The maximum Gasteiger partial charge on any atom is 0.325 e. The molecule has 1 saturated heterocycles. The predicted molar refractivity (Wildman–Crippen MR) is 129 cm³/mol. The molecule has 2 atom stereocenters. The van der Waals surface area contributed by atoms with Gasteiger partial charge < -0.3 is 14.5 Å². The lowest BCUT2D eigenvalue weighted by molar-refractivity contribution is -0.140. The molecule has 9 heteroatoms. The molecule has 0 saturated carbocycles. The second kappa shape index (κ2) is 8.37. The molecule has 1 spiro atoms. The van der Waals surface area contributed by atoms with Crippen molar-refractivity contribution in [3.05, 3.63) is 89.4 Å². The van der Waals surface area contributed by atoms with E-state index in [1.54, 1.807) is 25.5 Å². The van der Waals surface area contributed by atoms with Crippen LogP contribution in [0, 0.1) is 0 Å². The first kappa shape index (κ1) is 22.1. The lowest BCUT2D eigenvalue weighted by atomic mass is 9.92. The summed E-state index contributed by atoms with van der Waals surface area (Å²) in [6.45, 7) is -0.412. The number of fused-ring (bicyclic) bond motifs is 2. The molecule has 182 valence electrons. The van der Waals surface area contributed by atoms with E-state index in [0.29, 0.717) is 36.5 Å². The van der Waals surface area contributed by atoms with Gasteiger partial charge in [0.25, 0.3) is 11.8 Å². The smallest absolute Gasteiger partial charge is 0.325 e. The molecule has 0 unspecified atom stereocenters. The Balaban J connectivity index is 1.27. The Bertz CT molecular complexity index is 1380. The molecule has 1 aromatic heterocycles. The largest absolute Gasteiger partial charge is 0.497 e. The van der Waals surface area contributed by atoms with E-state index in [0.717, 1.165) is 21.6 Å². The quantitative estimate of drug-likeness (QED) is 0.560. The van der Waals surface area contributed by atoms with Crippen molar-refractivity contribution in [2.75, 3.05) is 13.7 Å². The molecule has 3 aromatic rings. The number of aryl methyl sites for hydroxylation is 1. The van der Waals surface area contributed by atoms with Crippen LogP contribution in [0.25, 0.3) is 0 Å². The first-order valence-corrected chi connectivity index (χ1v) is 11.8. The lowest BCUT2D eigenvalue weighted by Gasteiger charge is -2.24. The van der Waals surface area contributed by atoms with Crippen LogP contribution in [0.3, 0.4) is 0 Å². The second-order valence-electron chi connectivity index (χ2n) is 9.13. The molecule has 1 fully saturated rings. The number of nitrogens with zero attached hydrogens (tertiary/aromatic N) is 3. The standard InChI is InChI=1S/C27H24N4O5/c1-35-19-10-8-18(9-11-19)21-15-22(23-7-4-14-36-23)31(29-21)24(32)16-30-25(33)27(28-26(30)34)13-12-17-5-2-3-6-20(17)27/h2-11,14,22H,12-13,15-16H2,1H3,(H,28,34)/t22-,27-/m1/s1. The molecule has 3 aliphatic rings. The zero-order valence-corrected chi connectivity index (χ0v) is 19.6. The van der Waals surface area contributed by atoms with Crippen LogP contribution < -0.4 is 10.1 Å². The maximum atomic E-state index is 13.5. The average molecular weight is 485 g/mol. The molecule has 36 heavy (non-hydrogen) atoms. The molecule has 1 aliphatic carbocycles. The molecule has 2 aromatic carbocycles. The van der Waals surface area contributed by atoms with Crippen LogP contribution in [-0.2, 0) is 21.5 Å². The van der Waals surface area contributed by atoms with Crippen LogP contribution in [0.1, 0.15) is 41.3 Å². The molecule has 0 bridgehead atoms. The van der Waals surface area contributed by atoms with E-state index in [9.17, 15) is 14.4 Å². The number of imide groups is 1. The van der Waals surface area contributed by atoms with Gasteiger partial charge in [-0.2, -0.15) is 5.10 Å². The fourth-order valence-corrected chi connectivity index (χ4v) is 5.34. The number of furan rings is 1. The average Bonchev–Trinajstić information content (AvgIpc) is 3.69. The third kappa shape index (κ3) is 3.38. The summed E-state index contributed by atoms with van der Waals surface area (Å²) in [6, 6.07) is 17.5. The van der Waals surface area contributed by atoms with Crippen molar-refractivity contribution in [1.82, 2.24) is 15.2 Å². The van der Waals surface area contributed by atoms with Gasteiger partial charge in [0.1, 0.15) is 29.6 Å². The summed E-state index contributed by atoms with van der Waals surface area (Å²) in [5, 5.41) is 8.79. The van der Waals surface area contributed by atoms with Crippen molar-refractivity contribution in [2.45, 2.75) is 30.8 Å². The minimum absolute atomic E-state index is 0.404. The molecule has 2 aliphatic heterocycles. The number of carbonyl (C=O) groups is 3. The van der Waals surface area contributed by atoms with Gasteiger partial charge in [-0.3, -0.25) is 14.5 Å². The van der Waals surface area contributed by atoms with E-state index >= 15 is 0 Å². The van der Waals surface area contributed by atoms with Gasteiger partial charge in [-0.15, -0.1) is 0 Å². The number of amides is 4. The second-order valence-corrected chi connectivity index (χ2v) is 9.13. The Morgan fingerprint density at radius 2 is 1.94 bits per heavy atom. The lowest BCUT2D eigenvalue weighted by Crippen LogP contribution is -2.44. The number of hydrazone groups is 1. The molecule has 1 N–H and O–H groups in total. The van der Waals surface area contributed by atoms with Crippen molar-refractivity contribution in [1.29, 1.82) is 0 Å². The third-order valence-corrected chi connectivity index (χ3v) is 7.18. The van der Waals surface area contributed by atoms with Gasteiger partial charge in [-0.1, -0.05) is 24.3 Å². The number of carbonyl (C=O) groups excluding carboxylic acids is 3. The Labute approximate surface area is 207 Å². The van der Waals surface area contributed by atoms with E-state index in [2.05, 4.69) is 10.4 Å². The number of methoxy groups -OCH3 is 1. The van der Waals surface area contributed by atoms with Gasteiger partial charge in [0.2, 0.25) is 0 Å². The maximum absolute atomic E-state index is 13.5. The topological polar surface area (TPSA) is 104 Å². The highest BCUT2D eigenvalue weighted by molar-refractivity contribution is 6.10. The normalized spacial score (nSPS) is 22.7. The van der Waals surface area contributed by atoms with Crippen LogP contribution in [0.15, 0.2) is 76.4 Å². The van der Waals surface area contributed by atoms with E-state index < -0.39 is 36.0 Å². The van der Waals surface area contributed by atoms with E-state index in [-0.39, 0.29) is 0 Å². The van der Waals surface area contributed by atoms with Crippen molar-refractivity contribution < 1.29 is 23.5 Å². The summed E-state index contributed by atoms with van der Waals surface area (Å²) in [5.41, 5.74) is 2.26. The molecule has 3 heterocycles. The van der Waals surface area contributed by atoms with Gasteiger partial charge in [0.05, 0.1) is 19.1 Å². The highest BCUT2D eigenvalue weighted by Gasteiger charge is 2.56. The Kier molecular flexibility index (Phi) is 5.13. The minimum atomic E-state index is -1.11. The van der Waals surface area contributed by atoms with Crippen molar-refractivity contribution >= 4 is 23.6 Å². The van der Waals surface area contributed by atoms with Crippen molar-refractivity contribution in [2.24, 2.45) is 5.10 Å². The van der Waals surface area contributed by atoms with Gasteiger partial charge in [0.15, 0.2) is 0 Å². The SMILES string of the molecule is COc1ccc(C2=NN(C(=O)CN3C(=O)N[C@@]4(CCc5ccccc54)C3=O)[C@@H](c3ccco3)C2)cc1. The fraction of sp³-hybridized carbons (Fsp3) is 0.259. The number of urea groups is 1. The Morgan fingerprint density at radius 3 is 2.69 bits per heavy atom. The van der Waals surface area contributed by atoms with Crippen LogP contribution in [0.5, 0.6) is 5.75 Å². The van der Waals surface area contributed by atoms with Crippen molar-refractivity contribution in [3.8, 4) is 5.75 Å². The summed E-state index contributed by atoms with van der Waals surface area (Å²) in [4.78, 5) is 40.9. The first-order chi connectivity index (χ1) is 17.5. The van der Waals surface area contributed by atoms with Crippen molar-refractivity contribution in [3.63, 3.8) is 0 Å². The zero-order chi connectivity index (χ0) is 24.9. The zero-order valence-electron chi connectivity index (χ0n) is 19.6. The molecule has 6 rings (SSSR count). The van der Waals surface area contributed by atoms with Crippen LogP contribution in [0.4, 0.5) is 4.79 Å². The number of benzene rings is 2. The van der Waals surface area contributed by atoms with E-state index in [4.69, 9.17) is 9.15 Å². The number of ether oxygens (including phenoxy) is 1. The molecule has 0 radical (unpaired) electrons. The van der Waals surface area contributed by atoms with Crippen LogP contribution >= 0.6 is 0 Å². The summed E-state index contributed by atoms with van der Waals surface area (Å²) in [6.07, 6.45) is 3.14. The van der Waals surface area contributed by atoms with Gasteiger partial charge >= 0.3 is 6.03 Å². The number of hydrogen-bond acceptors (Lipinski definition) is 6. The summed E-state index contributed by atoms with van der Waals surface area (Å²) >= 11 is 0. The minimum Gasteiger partial charge on any atom is -0.497 e. The first-order valence-electron chi connectivity index (χ1n) is 11.8. The molecule has 9 nitrogen and oxygen atoms in total. The van der Waals surface area contributed by atoms with Gasteiger partial charge in [-0.05, 0) is 65.9 Å². The van der Waals surface area contributed by atoms with Crippen LogP contribution in [0.2, 0.25) is 0 Å². The van der Waals surface area contributed by atoms with E-state index in [1.165, 1.54) is 5.01 Å². The highest BCUT2D eigenvalue weighted by Crippen LogP contribution is 2.41. The number of rotatable bonds is 5.